The summed E-state index contributed by atoms with van der Waals surface area (Å²) in [6, 6.07) is 0. The fourth-order valence-electron chi connectivity index (χ4n) is 3.52. The lowest BCUT2D eigenvalue weighted by Gasteiger charge is -2.25. The van der Waals surface area contributed by atoms with Crippen molar-refractivity contribution >= 4 is 0 Å². The lowest BCUT2D eigenvalue weighted by Crippen LogP contribution is -2.36. The van der Waals surface area contributed by atoms with Crippen LogP contribution in [0.3, 0.4) is 0 Å². The highest BCUT2D eigenvalue weighted by Crippen LogP contribution is 2.10. The van der Waals surface area contributed by atoms with Crippen molar-refractivity contribution in [2.45, 2.75) is 123 Å². The van der Waals surface area contributed by atoms with Crippen molar-refractivity contribution < 1.29 is 9.84 Å². The minimum Gasteiger partial charge on any atom is -0.389 e. The van der Waals surface area contributed by atoms with Crippen molar-refractivity contribution in [2.24, 2.45) is 0 Å². The highest BCUT2D eigenvalue weighted by Gasteiger charge is 2.12. The monoisotopic (exact) mass is 385 g/mol. The second kappa shape index (κ2) is 22.2. The Kier molecular flexibility index (Phi) is 22.1. The Bertz CT molecular complexity index is 273. The van der Waals surface area contributed by atoms with Gasteiger partial charge in [0.05, 0.1) is 12.7 Å². The van der Waals surface area contributed by atoms with E-state index < -0.39 is 0 Å². The molecule has 0 saturated carbocycles. The lowest BCUT2D eigenvalue weighted by molar-refractivity contribution is 0.0152. The van der Waals surface area contributed by atoms with Gasteiger partial charge in [-0.3, -0.25) is 0 Å². The summed E-state index contributed by atoms with van der Waals surface area (Å²) in [6.45, 7) is 11.0. The maximum absolute atomic E-state index is 10.3. The summed E-state index contributed by atoms with van der Waals surface area (Å²) in [4.78, 5) is 2.49. The molecule has 0 aromatic rings. The van der Waals surface area contributed by atoms with E-state index in [1.807, 2.05) is 0 Å². The van der Waals surface area contributed by atoms with Crippen LogP contribution >= 0.6 is 0 Å². The average molecular weight is 386 g/mol. The van der Waals surface area contributed by atoms with Crippen LogP contribution in [0.4, 0.5) is 0 Å². The molecule has 0 rings (SSSR count). The van der Waals surface area contributed by atoms with Gasteiger partial charge in [-0.25, -0.2) is 0 Å². The molecule has 0 bridgehead atoms. The Hall–Kier alpha value is -0.120. The van der Waals surface area contributed by atoms with Crippen molar-refractivity contribution in [3.05, 3.63) is 0 Å². The molecule has 3 heteroatoms. The van der Waals surface area contributed by atoms with Gasteiger partial charge >= 0.3 is 0 Å². The predicted molar refractivity (Wildman–Crippen MR) is 120 cm³/mol. The molecule has 0 saturated heterocycles. The maximum Gasteiger partial charge on any atom is 0.0900 e. The zero-order valence-electron chi connectivity index (χ0n) is 19.0. The predicted octanol–water partition coefficient (Wildman–Crippen LogP) is 6.58. The van der Waals surface area contributed by atoms with Crippen molar-refractivity contribution in [3.63, 3.8) is 0 Å². The molecule has 1 N–H and O–H groups in total. The lowest BCUT2D eigenvalue weighted by atomic mass is 10.1. The minimum atomic E-state index is -0.341. The largest absolute Gasteiger partial charge is 0.389 e. The molecule has 164 valence electrons. The van der Waals surface area contributed by atoms with E-state index in [2.05, 4.69) is 25.7 Å². The number of hydrogen-bond acceptors (Lipinski definition) is 3. The molecule has 0 fully saturated rings. The summed E-state index contributed by atoms with van der Waals surface area (Å²) < 4.78 is 5.61. The van der Waals surface area contributed by atoms with E-state index >= 15 is 0 Å². The molecule has 1 atom stereocenters. The number of hydrogen-bond donors (Lipinski definition) is 1. The van der Waals surface area contributed by atoms with Crippen LogP contribution in [0.15, 0.2) is 0 Å². The SMILES string of the molecule is CCCCCCCCCN(CCCCCCCC)CC(O)COCCCC. The number of rotatable bonds is 22. The van der Waals surface area contributed by atoms with Gasteiger partial charge in [0.15, 0.2) is 0 Å². The molecule has 0 radical (unpaired) electrons. The van der Waals surface area contributed by atoms with Crippen LogP contribution in [0.1, 0.15) is 117 Å². The zero-order valence-corrected chi connectivity index (χ0v) is 19.0. The second-order valence-electron chi connectivity index (χ2n) is 8.27. The summed E-state index contributed by atoms with van der Waals surface area (Å²) in [5.41, 5.74) is 0. The summed E-state index contributed by atoms with van der Waals surface area (Å²) in [6.07, 6.45) is 19.4. The molecule has 3 nitrogen and oxygen atoms in total. The normalized spacial score (nSPS) is 12.8. The highest BCUT2D eigenvalue weighted by atomic mass is 16.5. The van der Waals surface area contributed by atoms with Gasteiger partial charge in [-0.15, -0.1) is 0 Å². The van der Waals surface area contributed by atoms with Crippen LogP contribution in [0.2, 0.25) is 0 Å². The molecule has 0 aliphatic carbocycles. The van der Waals surface area contributed by atoms with Gasteiger partial charge in [0.25, 0.3) is 0 Å². The van der Waals surface area contributed by atoms with Crippen molar-refractivity contribution in [1.82, 2.24) is 4.90 Å². The topological polar surface area (TPSA) is 32.7 Å². The zero-order chi connectivity index (χ0) is 20.0. The minimum absolute atomic E-state index is 0.341. The first kappa shape index (κ1) is 26.9. The van der Waals surface area contributed by atoms with E-state index in [4.69, 9.17) is 4.74 Å². The Morgan fingerprint density at radius 2 is 1.07 bits per heavy atom. The number of aliphatic hydroxyl groups excluding tert-OH is 1. The summed E-state index contributed by atoms with van der Waals surface area (Å²) in [5, 5.41) is 10.3. The molecule has 0 amide bonds. The molecular formula is C24H51NO2. The first-order valence-corrected chi connectivity index (χ1v) is 12.2. The summed E-state index contributed by atoms with van der Waals surface area (Å²) in [5.74, 6) is 0. The van der Waals surface area contributed by atoms with Gasteiger partial charge in [-0.05, 0) is 32.4 Å². The highest BCUT2D eigenvalue weighted by molar-refractivity contribution is 4.65. The molecule has 1 unspecified atom stereocenters. The third kappa shape index (κ3) is 20.4. The molecule has 0 spiro atoms. The van der Waals surface area contributed by atoms with Crippen LogP contribution in [-0.4, -0.2) is 49.0 Å². The summed E-state index contributed by atoms with van der Waals surface area (Å²) >= 11 is 0. The maximum atomic E-state index is 10.3. The molecule has 27 heavy (non-hydrogen) atoms. The van der Waals surface area contributed by atoms with Gasteiger partial charge in [0.1, 0.15) is 0 Å². The quantitative estimate of drug-likeness (QED) is 0.214. The van der Waals surface area contributed by atoms with E-state index in [1.54, 1.807) is 0 Å². The Morgan fingerprint density at radius 3 is 1.56 bits per heavy atom. The third-order valence-corrected chi connectivity index (χ3v) is 5.33. The first-order valence-electron chi connectivity index (χ1n) is 12.2. The second-order valence-corrected chi connectivity index (χ2v) is 8.27. The van der Waals surface area contributed by atoms with Crippen molar-refractivity contribution in [1.29, 1.82) is 0 Å². The molecule has 0 aliphatic heterocycles. The Balaban J connectivity index is 3.97. The van der Waals surface area contributed by atoms with E-state index in [-0.39, 0.29) is 6.10 Å². The Labute approximate surface area is 171 Å². The standard InChI is InChI=1S/C24H51NO2/c1-4-7-10-12-14-16-18-20-25(19-17-15-13-11-8-5-2)22-24(26)23-27-21-9-6-3/h24,26H,4-23H2,1-3H3. The van der Waals surface area contributed by atoms with Gasteiger partial charge in [0, 0.05) is 13.2 Å². The fraction of sp³-hybridized carbons (Fsp3) is 1.00. The Morgan fingerprint density at radius 1 is 0.630 bits per heavy atom. The smallest absolute Gasteiger partial charge is 0.0900 e. The van der Waals surface area contributed by atoms with Crippen molar-refractivity contribution in [2.75, 3.05) is 32.8 Å². The van der Waals surface area contributed by atoms with Crippen LogP contribution in [-0.2, 0) is 4.74 Å². The van der Waals surface area contributed by atoms with E-state index in [0.717, 1.165) is 39.1 Å². The first-order chi connectivity index (χ1) is 13.2. The van der Waals surface area contributed by atoms with Crippen LogP contribution in [0.25, 0.3) is 0 Å². The van der Waals surface area contributed by atoms with Gasteiger partial charge < -0.3 is 14.7 Å². The van der Waals surface area contributed by atoms with Gasteiger partial charge in [-0.1, -0.05) is 97.8 Å². The van der Waals surface area contributed by atoms with Gasteiger partial charge in [0.2, 0.25) is 0 Å². The molecule has 0 aromatic heterocycles. The average Bonchev–Trinajstić information content (AvgIpc) is 2.67. The van der Waals surface area contributed by atoms with Crippen LogP contribution in [0.5, 0.6) is 0 Å². The molecule has 0 aliphatic rings. The number of unbranched alkanes of at least 4 members (excludes halogenated alkanes) is 12. The van der Waals surface area contributed by atoms with Crippen LogP contribution in [0, 0.1) is 0 Å². The van der Waals surface area contributed by atoms with E-state index in [1.165, 1.54) is 83.5 Å². The molecule has 0 heterocycles. The number of aliphatic hydroxyl groups is 1. The molecular weight excluding hydrogens is 334 g/mol. The number of ether oxygens (including phenoxy) is 1. The number of nitrogens with zero attached hydrogens (tertiary/aromatic N) is 1. The third-order valence-electron chi connectivity index (χ3n) is 5.33. The summed E-state index contributed by atoms with van der Waals surface area (Å²) in [7, 11) is 0. The van der Waals surface area contributed by atoms with E-state index in [9.17, 15) is 5.11 Å². The van der Waals surface area contributed by atoms with Crippen molar-refractivity contribution in [3.8, 4) is 0 Å². The van der Waals surface area contributed by atoms with E-state index in [0.29, 0.717) is 6.61 Å². The van der Waals surface area contributed by atoms with Gasteiger partial charge in [-0.2, -0.15) is 0 Å². The fourth-order valence-corrected chi connectivity index (χ4v) is 3.52. The molecule has 0 aromatic carbocycles. The van der Waals surface area contributed by atoms with Crippen LogP contribution < -0.4 is 0 Å².